The first-order chi connectivity index (χ1) is 12.1. The Labute approximate surface area is 144 Å². The molecule has 6 heteroatoms. The minimum atomic E-state index is -0.317. The van der Waals surface area contributed by atoms with E-state index in [4.69, 9.17) is 0 Å². The number of hydrogen-bond acceptors (Lipinski definition) is 5. The van der Waals surface area contributed by atoms with Crippen molar-refractivity contribution in [3.05, 3.63) is 66.2 Å². The van der Waals surface area contributed by atoms with Crippen LogP contribution in [0.3, 0.4) is 0 Å². The maximum absolute atomic E-state index is 11.8. The Bertz CT molecular complexity index is 938. The zero-order chi connectivity index (χ0) is 17.6. The van der Waals surface area contributed by atoms with Gasteiger partial charge in [0.2, 0.25) is 0 Å². The summed E-state index contributed by atoms with van der Waals surface area (Å²) in [4.78, 5) is 11.8. The number of carbonyl (C=O) groups is 1. The molecule has 0 atom stereocenters. The van der Waals surface area contributed by atoms with E-state index in [-0.39, 0.29) is 24.0 Å². The van der Waals surface area contributed by atoms with Crippen LogP contribution in [0.2, 0.25) is 0 Å². The average molecular weight is 335 g/mol. The van der Waals surface area contributed by atoms with Gasteiger partial charge in [0.05, 0.1) is 12.8 Å². The van der Waals surface area contributed by atoms with E-state index in [1.54, 1.807) is 0 Å². The molecule has 0 aromatic heterocycles. The minimum absolute atomic E-state index is 0.0433. The molecule has 0 aliphatic carbocycles. The molecule has 6 nitrogen and oxygen atoms in total. The maximum atomic E-state index is 11.8. The molecular formula is C19H17N3O3. The van der Waals surface area contributed by atoms with Gasteiger partial charge in [-0.05, 0) is 35.0 Å². The normalized spacial score (nSPS) is 10.9. The highest BCUT2D eigenvalue weighted by molar-refractivity contribution is 5.88. The van der Waals surface area contributed by atoms with Gasteiger partial charge in [-0.2, -0.15) is 5.10 Å². The van der Waals surface area contributed by atoms with Gasteiger partial charge in [0, 0.05) is 17.3 Å². The fraction of sp³-hybridized carbons (Fsp3) is 0.0526. The van der Waals surface area contributed by atoms with E-state index in [1.165, 1.54) is 24.4 Å². The second kappa shape index (κ2) is 7.35. The molecule has 0 radical (unpaired) electrons. The summed E-state index contributed by atoms with van der Waals surface area (Å²) in [6, 6.07) is 18.0. The Balaban J connectivity index is 1.54. The highest BCUT2D eigenvalue weighted by Gasteiger charge is 2.02. The number of amides is 1. The molecule has 3 rings (SSSR count). The van der Waals surface area contributed by atoms with Crippen molar-refractivity contribution in [2.75, 3.05) is 11.9 Å². The van der Waals surface area contributed by atoms with E-state index >= 15 is 0 Å². The van der Waals surface area contributed by atoms with Gasteiger partial charge in [0.15, 0.2) is 0 Å². The summed E-state index contributed by atoms with van der Waals surface area (Å²) in [5.74, 6) is -0.478. The average Bonchev–Trinajstić information content (AvgIpc) is 2.61. The zero-order valence-corrected chi connectivity index (χ0v) is 13.3. The van der Waals surface area contributed by atoms with Gasteiger partial charge in [0.25, 0.3) is 5.91 Å². The van der Waals surface area contributed by atoms with Crippen LogP contribution in [0, 0.1) is 0 Å². The second-order valence-electron chi connectivity index (χ2n) is 5.45. The minimum Gasteiger partial charge on any atom is -0.508 e. The van der Waals surface area contributed by atoms with Crippen LogP contribution in [0.15, 0.2) is 65.8 Å². The monoisotopic (exact) mass is 335 g/mol. The molecule has 0 unspecified atom stereocenters. The van der Waals surface area contributed by atoms with Crippen LogP contribution in [-0.4, -0.2) is 28.9 Å². The zero-order valence-electron chi connectivity index (χ0n) is 13.3. The van der Waals surface area contributed by atoms with E-state index in [0.717, 1.165) is 16.5 Å². The van der Waals surface area contributed by atoms with Crippen molar-refractivity contribution < 1.29 is 15.0 Å². The first-order valence-corrected chi connectivity index (χ1v) is 7.68. The third-order valence-corrected chi connectivity index (χ3v) is 3.61. The topological polar surface area (TPSA) is 94.0 Å². The molecule has 3 aromatic rings. The fourth-order valence-corrected chi connectivity index (χ4v) is 2.34. The smallest absolute Gasteiger partial charge is 0.259 e. The molecule has 0 saturated carbocycles. The van der Waals surface area contributed by atoms with Crippen molar-refractivity contribution in [1.82, 2.24) is 5.43 Å². The number of fused-ring (bicyclic) bond motifs is 1. The Morgan fingerprint density at radius 3 is 2.60 bits per heavy atom. The molecule has 3 aromatic carbocycles. The highest BCUT2D eigenvalue weighted by atomic mass is 16.3. The third-order valence-electron chi connectivity index (χ3n) is 3.61. The van der Waals surface area contributed by atoms with Crippen LogP contribution in [-0.2, 0) is 4.79 Å². The molecule has 0 spiro atoms. The van der Waals surface area contributed by atoms with Gasteiger partial charge in [-0.1, -0.05) is 30.3 Å². The van der Waals surface area contributed by atoms with E-state index < -0.39 is 0 Å². The van der Waals surface area contributed by atoms with Gasteiger partial charge in [-0.3, -0.25) is 4.79 Å². The Hall–Kier alpha value is -3.54. The highest BCUT2D eigenvalue weighted by Crippen LogP contribution is 2.21. The molecule has 1 amide bonds. The summed E-state index contributed by atoms with van der Waals surface area (Å²) < 4.78 is 0. The molecule has 0 saturated heterocycles. The van der Waals surface area contributed by atoms with Crippen LogP contribution in [0.1, 0.15) is 5.56 Å². The van der Waals surface area contributed by atoms with Crippen LogP contribution >= 0.6 is 0 Å². The number of nitrogens with one attached hydrogen (secondary N) is 2. The van der Waals surface area contributed by atoms with E-state index in [1.807, 2.05) is 42.5 Å². The van der Waals surface area contributed by atoms with Gasteiger partial charge >= 0.3 is 0 Å². The summed E-state index contributed by atoms with van der Waals surface area (Å²) in [6.45, 7) is 0.0667. The fourth-order valence-electron chi connectivity index (χ4n) is 2.34. The number of nitrogens with zero attached hydrogens (tertiary/aromatic N) is 1. The lowest BCUT2D eigenvalue weighted by molar-refractivity contribution is -0.119. The number of anilines is 1. The van der Waals surface area contributed by atoms with Crippen LogP contribution in [0.4, 0.5) is 5.69 Å². The largest absolute Gasteiger partial charge is 0.508 e. The molecule has 0 aliphatic rings. The van der Waals surface area contributed by atoms with E-state index in [9.17, 15) is 15.0 Å². The molecule has 126 valence electrons. The van der Waals surface area contributed by atoms with Gasteiger partial charge in [0.1, 0.15) is 11.5 Å². The van der Waals surface area contributed by atoms with Crippen molar-refractivity contribution in [3.63, 3.8) is 0 Å². The second-order valence-corrected chi connectivity index (χ2v) is 5.45. The van der Waals surface area contributed by atoms with Crippen molar-refractivity contribution in [3.8, 4) is 11.5 Å². The Morgan fingerprint density at radius 1 is 1.00 bits per heavy atom. The van der Waals surface area contributed by atoms with Crippen molar-refractivity contribution in [1.29, 1.82) is 0 Å². The lowest BCUT2D eigenvalue weighted by Crippen LogP contribution is -2.25. The first-order valence-electron chi connectivity index (χ1n) is 7.68. The van der Waals surface area contributed by atoms with Gasteiger partial charge in [-0.25, -0.2) is 5.43 Å². The molecule has 0 heterocycles. The number of hydrazone groups is 1. The summed E-state index contributed by atoms with van der Waals surface area (Å²) >= 11 is 0. The molecule has 0 fully saturated rings. The standard InChI is InChI=1S/C19H17N3O3/c23-17-8-6-15(18(24)10-17)11-21-22-19(25)12-20-16-7-5-13-3-1-2-4-14(13)9-16/h1-11,20,23-24H,12H2,(H,22,25)/b21-11+. The van der Waals surface area contributed by atoms with Crippen LogP contribution in [0.25, 0.3) is 10.8 Å². The first kappa shape index (κ1) is 16.3. The molecule has 0 bridgehead atoms. The predicted molar refractivity (Wildman–Crippen MR) is 97.9 cm³/mol. The number of carbonyl (C=O) groups excluding carboxylic acids is 1. The molecule has 4 N–H and O–H groups in total. The number of benzene rings is 3. The number of phenols is 2. The molecule has 25 heavy (non-hydrogen) atoms. The van der Waals surface area contributed by atoms with Crippen molar-refractivity contribution in [2.45, 2.75) is 0 Å². The van der Waals surface area contributed by atoms with Crippen LogP contribution in [0.5, 0.6) is 11.5 Å². The van der Waals surface area contributed by atoms with Gasteiger partial charge < -0.3 is 15.5 Å². The number of phenolic OH excluding ortho intramolecular Hbond substituents is 2. The summed E-state index contributed by atoms with van der Waals surface area (Å²) in [7, 11) is 0. The van der Waals surface area contributed by atoms with Crippen molar-refractivity contribution >= 4 is 28.6 Å². The SMILES string of the molecule is O=C(CNc1ccc2ccccc2c1)N/N=C/c1ccc(O)cc1O. The quantitative estimate of drug-likeness (QED) is 0.426. The Kier molecular flexibility index (Phi) is 4.80. The summed E-state index contributed by atoms with van der Waals surface area (Å²) in [5.41, 5.74) is 3.61. The molecule has 0 aliphatic heterocycles. The lowest BCUT2D eigenvalue weighted by atomic mass is 10.1. The maximum Gasteiger partial charge on any atom is 0.259 e. The number of rotatable bonds is 5. The van der Waals surface area contributed by atoms with Crippen LogP contribution < -0.4 is 10.7 Å². The predicted octanol–water partition coefficient (Wildman–Crippen LogP) is 2.81. The summed E-state index contributed by atoms with van der Waals surface area (Å²) in [5, 5.41) is 27.9. The Morgan fingerprint density at radius 2 is 1.80 bits per heavy atom. The summed E-state index contributed by atoms with van der Waals surface area (Å²) in [6.07, 6.45) is 1.31. The number of aromatic hydroxyl groups is 2. The van der Waals surface area contributed by atoms with E-state index in [2.05, 4.69) is 15.8 Å². The third kappa shape index (κ3) is 4.26. The van der Waals surface area contributed by atoms with Crippen molar-refractivity contribution in [2.24, 2.45) is 5.10 Å². The number of hydrogen-bond donors (Lipinski definition) is 4. The lowest BCUT2D eigenvalue weighted by Gasteiger charge is -2.06. The molecular weight excluding hydrogens is 318 g/mol. The van der Waals surface area contributed by atoms with E-state index in [0.29, 0.717) is 5.56 Å². The van der Waals surface area contributed by atoms with Gasteiger partial charge in [-0.15, -0.1) is 0 Å².